The number of hydrogen-bond acceptors (Lipinski definition) is 4. The Balaban J connectivity index is 2.18. The van der Waals surface area contributed by atoms with E-state index in [4.69, 9.17) is 10.4 Å². The Hall–Kier alpha value is -1.73. The van der Waals surface area contributed by atoms with Crippen LogP contribution >= 0.6 is 0 Å². The molecule has 3 N–H and O–H groups in total. The average Bonchev–Trinajstić information content (AvgIpc) is 3.02. The van der Waals surface area contributed by atoms with E-state index in [1.807, 2.05) is 0 Å². The summed E-state index contributed by atoms with van der Waals surface area (Å²) in [6, 6.07) is 6.59. The van der Waals surface area contributed by atoms with Gasteiger partial charge in [0.1, 0.15) is 6.04 Å². The molecule has 4 heteroatoms. The number of nitrogens with one attached hydrogen (secondary N) is 1. The van der Waals surface area contributed by atoms with Crippen molar-refractivity contribution < 1.29 is 10.2 Å². The van der Waals surface area contributed by atoms with Gasteiger partial charge in [-0.05, 0) is 30.5 Å². The van der Waals surface area contributed by atoms with Crippen molar-refractivity contribution in [3.8, 4) is 17.6 Å². The molecular formula is C11H12N2O2. The minimum absolute atomic E-state index is 0.165. The van der Waals surface area contributed by atoms with Crippen molar-refractivity contribution in [2.75, 3.05) is 0 Å². The van der Waals surface area contributed by atoms with Crippen LogP contribution in [0.3, 0.4) is 0 Å². The lowest BCUT2D eigenvalue weighted by Crippen LogP contribution is -2.21. The zero-order chi connectivity index (χ0) is 10.8. The van der Waals surface area contributed by atoms with Gasteiger partial charge in [-0.25, -0.2) is 0 Å². The molecule has 1 atom stereocenters. The van der Waals surface area contributed by atoms with E-state index >= 15 is 0 Å². The second-order valence-electron chi connectivity index (χ2n) is 3.75. The van der Waals surface area contributed by atoms with Crippen LogP contribution in [-0.2, 0) is 0 Å². The maximum Gasteiger partial charge on any atom is 0.157 e. The van der Waals surface area contributed by atoms with Crippen molar-refractivity contribution in [3.05, 3.63) is 23.8 Å². The van der Waals surface area contributed by atoms with E-state index in [9.17, 15) is 5.11 Å². The number of hydrogen-bond donors (Lipinski definition) is 3. The third-order valence-corrected chi connectivity index (χ3v) is 2.44. The van der Waals surface area contributed by atoms with Crippen molar-refractivity contribution in [1.82, 2.24) is 5.32 Å². The standard InChI is InChI=1S/C11H12N2O2/c12-6-9(13-8-2-3-8)7-1-4-10(14)11(15)5-7/h1,4-5,8-9,13-15H,2-3H2. The van der Waals surface area contributed by atoms with Gasteiger partial charge in [-0.2, -0.15) is 5.26 Å². The van der Waals surface area contributed by atoms with Crippen molar-refractivity contribution in [1.29, 1.82) is 5.26 Å². The number of rotatable bonds is 3. The fraction of sp³-hybridized carbons (Fsp3) is 0.364. The van der Waals surface area contributed by atoms with E-state index in [1.54, 1.807) is 6.07 Å². The molecule has 0 saturated heterocycles. The van der Waals surface area contributed by atoms with Crippen LogP contribution in [0.1, 0.15) is 24.4 Å². The monoisotopic (exact) mass is 204 g/mol. The first-order valence-corrected chi connectivity index (χ1v) is 4.88. The Morgan fingerprint density at radius 2 is 2.07 bits per heavy atom. The first-order valence-electron chi connectivity index (χ1n) is 4.88. The molecule has 78 valence electrons. The number of aromatic hydroxyl groups is 2. The van der Waals surface area contributed by atoms with Gasteiger partial charge in [-0.1, -0.05) is 6.07 Å². The largest absolute Gasteiger partial charge is 0.504 e. The summed E-state index contributed by atoms with van der Waals surface area (Å²) < 4.78 is 0. The third-order valence-electron chi connectivity index (χ3n) is 2.44. The number of benzene rings is 1. The molecule has 1 fully saturated rings. The lowest BCUT2D eigenvalue weighted by atomic mass is 10.1. The van der Waals surface area contributed by atoms with Crippen molar-refractivity contribution >= 4 is 0 Å². The molecule has 1 unspecified atom stereocenters. The zero-order valence-corrected chi connectivity index (χ0v) is 8.14. The van der Waals surface area contributed by atoms with E-state index in [0.717, 1.165) is 12.8 Å². The van der Waals surface area contributed by atoms with Gasteiger partial charge in [-0.15, -0.1) is 0 Å². The quantitative estimate of drug-likeness (QED) is 0.651. The van der Waals surface area contributed by atoms with Gasteiger partial charge in [0.15, 0.2) is 11.5 Å². The third kappa shape index (κ3) is 2.20. The molecule has 0 amide bonds. The minimum Gasteiger partial charge on any atom is -0.504 e. The molecule has 1 saturated carbocycles. The Morgan fingerprint density at radius 1 is 1.33 bits per heavy atom. The molecule has 0 bridgehead atoms. The molecular weight excluding hydrogens is 192 g/mol. The maximum atomic E-state index is 9.31. The molecule has 0 radical (unpaired) electrons. The first-order chi connectivity index (χ1) is 7.20. The summed E-state index contributed by atoms with van der Waals surface area (Å²) in [5, 5.41) is 30.6. The number of nitriles is 1. The van der Waals surface area contributed by atoms with Gasteiger partial charge >= 0.3 is 0 Å². The summed E-state index contributed by atoms with van der Waals surface area (Å²) in [5.41, 5.74) is 0.680. The van der Waals surface area contributed by atoms with Crippen LogP contribution in [0, 0.1) is 11.3 Å². The van der Waals surface area contributed by atoms with Gasteiger partial charge in [0.25, 0.3) is 0 Å². The predicted molar refractivity (Wildman–Crippen MR) is 54.3 cm³/mol. The van der Waals surface area contributed by atoms with Crippen LogP contribution in [-0.4, -0.2) is 16.3 Å². The molecule has 15 heavy (non-hydrogen) atoms. The minimum atomic E-state index is -0.413. The first kappa shape index (κ1) is 9.81. The molecule has 1 aliphatic rings. The number of nitrogens with zero attached hydrogens (tertiary/aromatic N) is 1. The summed E-state index contributed by atoms with van der Waals surface area (Å²) in [7, 11) is 0. The van der Waals surface area contributed by atoms with Gasteiger partial charge in [0, 0.05) is 6.04 Å². The second kappa shape index (κ2) is 3.79. The topological polar surface area (TPSA) is 76.3 Å². The lowest BCUT2D eigenvalue weighted by Gasteiger charge is -2.11. The second-order valence-corrected chi connectivity index (χ2v) is 3.75. The van der Waals surface area contributed by atoms with Crippen LogP contribution < -0.4 is 5.32 Å². The molecule has 1 aliphatic carbocycles. The number of phenols is 2. The SMILES string of the molecule is N#CC(NC1CC1)c1ccc(O)c(O)c1. The Morgan fingerprint density at radius 3 is 2.60 bits per heavy atom. The maximum absolute atomic E-state index is 9.31. The van der Waals surface area contributed by atoms with Gasteiger partial charge in [0.05, 0.1) is 6.07 Å². The molecule has 0 heterocycles. The summed E-state index contributed by atoms with van der Waals surface area (Å²) in [4.78, 5) is 0. The summed E-state index contributed by atoms with van der Waals surface area (Å²) in [6.45, 7) is 0. The highest BCUT2D eigenvalue weighted by atomic mass is 16.3. The number of phenolic OH excluding ortho intramolecular Hbond substituents is 2. The van der Waals surface area contributed by atoms with E-state index in [0.29, 0.717) is 11.6 Å². The van der Waals surface area contributed by atoms with Gasteiger partial charge in [0.2, 0.25) is 0 Å². The van der Waals surface area contributed by atoms with Crippen molar-refractivity contribution in [3.63, 3.8) is 0 Å². The van der Waals surface area contributed by atoms with Crippen molar-refractivity contribution in [2.45, 2.75) is 24.9 Å². The van der Waals surface area contributed by atoms with Gasteiger partial charge < -0.3 is 10.2 Å². The Labute approximate surface area is 87.8 Å². The fourth-order valence-corrected chi connectivity index (χ4v) is 1.41. The van der Waals surface area contributed by atoms with Crippen LogP contribution in [0.2, 0.25) is 0 Å². The summed E-state index contributed by atoms with van der Waals surface area (Å²) >= 11 is 0. The van der Waals surface area contributed by atoms with Crippen molar-refractivity contribution in [2.24, 2.45) is 0 Å². The normalized spacial score (nSPS) is 17.0. The Kier molecular flexibility index (Phi) is 2.48. The van der Waals surface area contributed by atoms with Gasteiger partial charge in [-0.3, -0.25) is 5.32 Å². The van der Waals surface area contributed by atoms with Crippen LogP contribution in [0.4, 0.5) is 0 Å². The lowest BCUT2D eigenvalue weighted by molar-refractivity contribution is 0.402. The Bertz CT molecular complexity index is 408. The van der Waals surface area contributed by atoms with E-state index in [2.05, 4.69) is 11.4 Å². The molecule has 4 nitrogen and oxygen atoms in total. The highest BCUT2D eigenvalue weighted by Gasteiger charge is 2.25. The molecule has 1 aromatic carbocycles. The van der Waals surface area contributed by atoms with Crippen LogP contribution in [0.5, 0.6) is 11.5 Å². The smallest absolute Gasteiger partial charge is 0.157 e. The summed E-state index contributed by atoms with van der Waals surface area (Å²) in [6.07, 6.45) is 2.20. The highest BCUT2D eigenvalue weighted by Crippen LogP contribution is 2.29. The molecule has 1 aromatic rings. The molecule has 0 aromatic heterocycles. The highest BCUT2D eigenvalue weighted by molar-refractivity contribution is 5.42. The van der Waals surface area contributed by atoms with E-state index < -0.39 is 6.04 Å². The van der Waals surface area contributed by atoms with Crippen LogP contribution in [0.15, 0.2) is 18.2 Å². The van der Waals surface area contributed by atoms with E-state index in [1.165, 1.54) is 12.1 Å². The fourth-order valence-electron chi connectivity index (χ4n) is 1.41. The summed E-state index contributed by atoms with van der Waals surface area (Å²) in [5.74, 6) is -0.354. The van der Waals surface area contributed by atoms with Crippen LogP contribution in [0.25, 0.3) is 0 Å². The average molecular weight is 204 g/mol. The zero-order valence-electron chi connectivity index (χ0n) is 8.14. The predicted octanol–water partition coefficient (Wildman–Crippen LogP) is 1.41. The molecule has 0 spiro atoms. The molecule has 0 aliphatic heterocycles. The molecule has 2 rings (SSSR count). The van der Waals surface area contributed by atoms with E-state index in [-0.39, 0.29) is 11.5 Å².